The molecule has 0 aromatic heterocycles. The minimum absolute atomic E-state index is 0. The second-order valence-electron chi connectivity index (χ2n) is 6.33. The molecule has 0 spiro atoms. The van der Waals surface area contributed by atoms with Gasteiger partial charge < -0.3 is 15.0 Å². The molecule has 6 heteroatoms. The van der Waals surface area contributed by atoms with E-state index in [1.54, 1.807) is 4.90 Å². The first-order valence-electron chi connectivity index (χ1n) is 8.24. The molecule has 0 bridgehead atoms. The standard InChI is InChI=1S/C18H26N2O3.ClH/c1-13(2)12-20(11-9-17(21)23-3)18(22)15-6-4-8-16-14(15)7-5-10-19-16;/h4,6,8,13,19H,5,7,9-12H2,1-3H3;1H. The predicted molar refractivity (Wildman–Crippen MR) is 97.9 cm³/mol. The quantitative estimate of drug-likeness (QED) is 0.797. The van der Waals surface area contributed by atoms with Gasteiger partial charge in [-0.15, -0.1) is 12.4 Å². The summed E-state index contributed by atoms with van der Waals surface area (Å²) in [4.78, 5) is 26.2. The maximum Gasteiger partial charge on any atom is 0.307 e. The van der Waals surface area contributed by atoms with Crippen LogP contribution in [0, 0.1) is 5.92 Å². The van der Waals surface area contributed by atoms with Crippen LogP contribution in [0.4, 0.5) is 5.69 Å². The summed E-state index contributed by atoms with van der Waals surface area (Å²) < 4.78 is 4.69. The van der Waals surface area contributed by atoms with Crippen molar-refractivity contribution < 1.29 is 14.3 Å². The highest BCUT2D eigenvalue weighted by Crippen LogP contribution is 2.26. The first kappa shape index (κ1) is 20.3. The second-order valence-corrected chi connectivity index (χ2v) is 6.33. The molecule has 5 nitrogen and oxygen atoms in total. The third-order valence-electron chi connectivity index (χ3n) is 4.01. The summed E-state index contributed by atoms with van der Waals surface area (Å²) >= 11 is 0. The molecule has 0 saturated carbocycles. The Morgan fingerprint density at radius 2 is 2.08 bits per heavy atom. The molecule has 2 rings (SSSR count). The van der Waals surface area contributed by atoms with Crippen LogP contribution in [0.2, 0.25) is 0 Å². The number of methoxy groups -OCH3 is 1. The van der Waals surface area contributed by atoms with E-state index >= 15 is 0 Å². The van der Waals surface area contributed by atoms with Gasteiger partial charge in [0.2, 0.25) is 0 Å². The molecule has 134 valence electrons. The SMILES string of the molecule is COC(=O)CCN(CC(C)C)C(=O)c1cccc2c1CCCN2.Cl. The van der Waals surface area contributed by atoms with E-state index in [9.17, 15) is 9.59 Å². The van der Waals surface area contributed by atoms with Crippen LogP contribution in [-0.2, 0) is 16.0 Å². The number of nitrogens with one attached hydrogen (secondary N) is 1. The number of halogens is 1. The summed E-state index contributed by atoms with van der Waals surface area (Å²) in [6.07, 6.45) is 2.17. The number of hydrogen-bond donors (Lipinski definition) is 1. The largest absolute Gasteiger partial charge is 0.469 e. The van der Waals surface area contributed by atoms with Crippen molar-refractivity contribution in [2.75, 3.05) is 32.1 Å². The first-order valence-corrected chi connectivity index (χ1v) is 8.24. The predicted octanol–water partition coefficient (Wildman–Crippen LogP) is 3.13. The van der Waals surface area contributed by atoms with E-state index in [1.165, 1.54) is 7.11 Å². The summed E-state index contributed by atoms with van der Waals surface area (Å²) in [5.41, 5.74) is 2.90. The molecule has 24 heavy (non-hydrogen) atoms. The number of ether oxygens (including phenoxy) is 1. The number of carbonyl (C=O) groups is 2. The van der Waals surface area contributed by atoms with Crippen molar-refractivity contribution in [1.29, 1.82) is 0 Å². The summed E-state index contributed by atoms with van der Waals surface area (Å²) in [5.74, 6) is 0.0562. The molecule has 1 aromatic carbocycles. The van der Waals surface area contributed by atoms with Crippen LogP contribution in [0.3, 0.4) is 0 Å². The van der Waals surface area contributed by atoms with Crippen LogP contribution in [-0.4, -0.2) is 43.5 Å². The van der Waals surface area contributed by atoms with Crippen LogP contribution in [0.1, 0.15) is 42.6 Å². The van der Waals surface area contributed by atoms with E-state index in [4.69, 9.17) is 4.74 Å². The van der Waals surface area contributed by atoms with E-state index in [2.05, 4.69) is 19.2 Å². The topological polar surface area (TPSA) is 58.6 Å². The summed E-state index contributed by atoms with van der Waals surface area (Å²) in [5, 5.41) is 3.35. The Morgan fingerprint density at radius 3 is 2.75 bits per heavy atom. The van der Waals surface area contributed by atoms with Gasteiger partial charge >= 0.3 is 5.97 Å². The Morgan fingerprint density at radius 1 is 1.33 bits per heavy atom. The van der Waals surface area contributed by atoms with Crippen LogP contribution >= 0.6 is 12.4 Å². The highest BCUT2D eigenvalue weighted by Gasteiger charge is 2.23. The maximum absolute atomic E-state index is 13.0. The molecule has 1 aromatic rings. The number of carbonyl (C=O) groups excluding carboxylic acids is 2. The average molecular weight is 355 g/mol. The van der Waals surface area contributed by atoms with E-state index in [0.29, 0.717) is 19.0 Å². The number of rotatable bonds is 6. The molecule has 1 aliphatic heterocycles. The molecule has 1 heterocycles. The van der Waals surface area contributed by atoms with E-state index in [1.807, 2.05) is 18.2 Å². The number of amides is 1. The molecule has 1 amide bonds. The Balaban J connectivity index is 0.00000288. The highest BCUT2D eigenvalue weighted by molar-refractivity contribution is 5.97. The van der Waals surface area contributed by atoms with Crippen LogP contribution in [0.15, 0.2) is 18.2 Å². The average Bonchev–Trinajstić information content (AvgIpc) is 2.56. The highest BCUT2D eigenvalue weighted by atomic mass is 35.5. The number of anilines is 1. The Labute approximate surface area is 150 Å². The van der Waals surface area contributed by atoms with Crippen LogP contribution in [0.25, 0.3) is 0 Å². The molecule has 0 fully saturated rings. The smallest absolute Gasteiger partial charge is 0.307 e. The fourth-order valence-electron chi connectivity index (χ4n) is 2.93. The van der Waals surface area contributed by atoms with Gasteiger partial charge in [-0.05, 0) is 36.5 Å². The molecule has 0 radical (unpaired) electrons. The van der Waals surface area contributed by atoms with Gasteiger partial charge in [0.05, 0.1) is 13.5 Å². The molecular weight excluding hydrogens is 328 g/mol. The lowest BCUT2D eigenvalue weighted by atomic mass is 9.96. The molecule has 0 atom stereocenters. The van der Waals surface area contributed by atoms with Gasteiger partial charge in [0.1, 0.15) is 0 Å². The van der Waals surface area contributed by atoms with E-state index in [0.717, 1.165) is 36.2 Å². The minimum atomic E-state index is -0.289. The van der Waals surface area contributed by atoms with Crippen LogP contribution in [0.5, 0.6) is 0 Å². The van der Waals surface area contributed by atoms with Crippen molar-refractivity contribution >= 4 is 30.0 Å². The van der Waals surface area contributed by atoms with Crippen molar-refractivity contribution in [2.24, 2.45) is 5.92 Å². The zero-order valence-corrected chi connectivity index (χ0v) is 15.4. The molecule has 0 aliphatic carbocycles. The van der Waals surface area contributed by atoms with Crippen molar-refractivity contribution in [3.8, 4) is 0 Å². The Hall–Kier alpha value is -1.75. The number of fused-ring (bicyclic) bond motifs is 1. The van der Waals surface area contributed by atoms with Crippen molar-refractivity contribution in [1.82, 2.24) is 4.90 Å². The Bertz CT molecular complexity index is 575. The van der Waals surface area contributed by atoms with Crippen molar-refractivity contribution in [2.45, 2.75) is 33.1 Å². The summed E-state index contributed by atoms with van der Waals surface area (Å²) in [7, 11) is 1.37. The summed E-state index contributed by atoms with van der Waals surface area (Å²) in [6.45, 7) is 6.11. The first-order chi connectivity index (χ1) is 11.0. The maximum atomic E-state index is 13.0. The van der Waals surface area contributed by atoms with Crippen molar-refractivity contribution in [3.63, 3.8) is 0 Å². The van der Waals surface area contributed by atoms with Gasteiger partial charge in [-0.3, -0.25) is 9.59 Å². The molecule has 1 aliphatic rings. The van der Waals surface area contributed by atoms with E-state index < -0.39 is 0 Å². The normalized spacial score (nSPS) is 12.7. The molecule has 0 unspecified atom stereocenters. The molecular formula is C18H27ClN2O3. The fraction of sp³-hybridized carbons (Fsp3) is 0.556. The monoisotopic (exact) mass is 354 g/mol. The molecule has 1 N–H and O–H groups in total. The zero-order valence-electron chi connectivity index (χ0n) is 14.6. The second kappa shape index (κ2) is 9.52. The molecule has 0 saturated heterocycles. The van der Waals surface area contributed by atoms with Crippen molar-refractivity contribution in [3.05, 3.63) is 29.3 Å². The van der Waals surface area contributed by atoms with Gasteiger partial charge in [-0.1, -0.05) is 19.9 Å². The zero-order chi connectivity index (χ0) is 16.8. The summed E-state index contributed by atoms with van der Waals surface area (Å²) in [6, 6.07) is 5.82. The van der Waals surface area contributed by atoms with Gasteiger partial charge in [-0.25, -0.2) is 0 Å². The fourth-order valence-corrected chi connectivity index (χ4v) is 2.93. The number of hydrogen-bond acceptors (Lipinski definition) is 4. The Kier molecular flexibility index (Phi) is 8.05. The minimum Gasteiger partial charge on any atom is -0.469 e. The lowest BCUT2D eigenvalue weighted by Crippen LogP contribution is -2.37. The lowest BCUT2D eigenvalue weighted by molar-refractivity contribution is -0.140. The third kappa shape index (κ3) is 5.13. The van der Waals surface area contributed by atoms with Gasteiger partial charge in [0.25, 0.3) is 5.91 Å². The third-order valence-corrected chi connectivity index (χ3v) is 4.01. The number of benzene rings is 1. The lowest BCUT2D eigenvalue weighted by Gasteiger charge is -2.27. The van der Waals surface area contributed by atoms with Gasteiger partial charge in [0.15, 0.2) is 0 Å². The number of nitrogens with zero attached hydrogens (tertiary/aromatic N) is 1. The van der Waals surface area contributed by atoms with E-state index in [-0.39, 0.29) is 30.7 Å². The van der Waals surface area contributed by atoms with Gasteiger partial charge in [0, 0.05) is 30.9 Å². The van der Waals surface area contributed by atoms with Gasteiger partial charge in [-0.2, -0.15) is 0 Å². The number of esters is 1. The van der Waals surface area contributed by atoms with Crippen LogP contribution < -0.4 is 5.32 Å².